The predicted octanol–water partition coefficient (Wildman–Crippen LogP) is 3.64. The van der Waals surface area contributed by atoms with E-state index in [1.165, 1.54) is 0 Å². The Morgan fingerprint density at radius 1 is 1.15 bits per heavy atom. The van der Waals surface area contributed by atoms with Gasteiger partial charge in [-0.2, -0.15) is 0 Å². The van der Waals surface area contributed by atoms with Crippen LogP contribution in [0.25, 0.3) is 11.1 Å². The van der Waals surface area contributed by atoms with E-state index in [-0.39, 0.29) is 23.6 Å². The van der Waals surface area contributed by atoms with E-state index in [0.29, 0.717) is 52.4 Å². The maximum atomic E-state index is 12.9. The number of Topliss-reactive ketones (excluding diaryl/α,β-unsaturated/α-hetero) is 1. The molecule has 0 radical (unpaired) electrons. The van der Waals surface area contributed by atoms with Crippen molar-refractivity contribution in [1.29, 1.82) is 0 Å². The summed E-state index contributed by atoms with van der Waals surface area (Å²) < 4.78 is 10.8. The van der Waals surface area contributed by atoms with Gasteiger partial charge in [-0.05, 0) is 36.5 Å². The second-order valence-electron chi connectivity index (χ2n) is 7.58. The molecule has 0 spiro atoms. The number of benzene rings is 1. The molecule has 2 heterocycles. The summed E-state index contributed by atoms with van der Waals surface area (Å²) in [5.41, 5.74) is 2.43. The molecule has 4 rings (SSSR count). The summed E-state index contributed by atoms with van der Waals surface area (Å²) in [6.07, 6.45) is 0.994. The van der Waals surface area contributed by atoms with E-state index in [4.69, 9.17) is 9.47 Å². The zero-order valence-electron chi connectivity index (χ0n) is 14.9. The summed E-state index contributed by atoms with van der Waals surface area (Å²) in [5.74, 6) is -0.00890. The molecule has 0 saturated carbocycles. The third kappa shape index (κ3) is 2.53. The zero-order valence-corrected chi connectivity index (χ0v) is 14.9. The summed E-state index contributed by atoms with van der Waals surface area (Å²) >= 11 is 0. The van der Waals surface area contributed by atoms with Crippen molar-refractivity contribution in [1.82, 2.24) is 4.98 Å². The zero-order chi connectivity index (χ0) is 18.6. The van der Waals surface area contributed by atoms with Gasteiger partial charge >= 0.3 is 5.97 Å². The summed E-state index contributed by atoms with van der Waals surface area (Å²) in [7, 11) is 0. The van der Waals surface area contributed by atoms with Crippen molar-refractivity contribution in [3.8, 4) is 22.6 Å². The highest BCUT2D eigenvalue weighted by atomic mass is 16.7. The van der Waals surface area contributed by atoms with Crippen molar-refractivity contribution < 1.29 is 24.2 Å². The van der Waals surface area contributed by atoms with Crippen LogP contribution < -0.4 is 9.47 Å². The van der Waals surface area contributed by atoms with Gasteiger partial charge in [0.2, 0.25) is 6.79 Å². The monoisotopic (exact) mass is 353 g/mol. The maximum absolute atomic E-state index is 12.9. The van der Waals surface area contributed by atoms with E-state index >= 15 is 0 Å². The Morgan fingerprint density at radius 2 is 1.88 bits per heavy atom. The van der Waals surface area contributed by atoms with Crippen LogP contribution in [-0.2, 0) is 6.42 Å². The molecule has 134 valence electrons. The van der Waals surface area contributed by atoms with Gasteiger partial charge < -0.3 is 14.6 Å². The first kappa shape index (κ1) is 16.6. The van der Waals surface area contributed by atoms with Crippen LogP contribution >= 0.6 is 0 Å². The van der Waals surface area contributed by atoms with Crippen LogP contribution in [0.5, 0.6) is 11.5 Å². The number of rotatable bonds is 2. The first-order valence-corrected chi connectivity index (χ1v) is 8.47. The number of pyridine rings is 1. The van der Waals surface area contributed by atoms with E-state index in [0.717, 1.165) is 0 Å². The number of fused-ring (bicyclic) bond motifs is 2. The van der Waals surface area contributed by atoms with Crippen LogP contribution in [0.2, 0.25) is 0 Å². The van der Waals surface area contributed by atoms with E-state index in [9.17, 15) is 14.7 Å². The summed E-state index contributed by atoms with van der Waals surface area (Å²) in [6.45, 7) is 5.85. The van der Waals surface area contributed by atoms with Gasteiger partial charge in [0.15, 0.2) is 17.3 Å². The molecule has 0 unspecified atom stereocenters. The Labute approximate surface area is 150 Å². The molecule has 6 heteroatoms. The van der Waals surface area contributed by atoms with Gasteiger partial charge in [0.05, 0.1) is 17.0 Å². The van der Waals surface area contributed by atoms with Gasteiger partial charge in [0, 0.05) is 17.5 Å². The third-order valence-electron chi connectivity index (χ3n) is 4.89. The van der Waals surface area contributed by atoms with Crippen molar-refractivity contribution in [2.75, 3.05) is 6.79 Å². The summed E-state index contributed by atoms with van der Waals surface area (Å²) in [6, 6.07) is 5.24. The second-order valence-corrected chi connectivity index (χ2v) is 7.58. The maximum Gasteiger partial charge on any atom is 0.338 e. The van der Waals surface area contributed by atoms with Crippen LogP contribution in [0.15, 0.2) is 18.2 Å². The van der Waals surface area contributed by atoms with Crippen molar-refractivity contribution >= 4 is 11.8 Å². The number of carboxylic acid groups (broad SMARTS) is 1. The molecule has 1 aromatic heterocycles. The first-order chi connectivity index (χ1) is 12.3. The van der Waals surface area contributed by atoms with Gasteiger partial charge in [0.1, 0.15) is 0 Å². The number of aromatic nitrogens is 1. The van der Waals surface area contributed by atoms with Crippen molar-refractivity contribution in [2.24, 2.45) is 5.41 Å². The highest BCUT2D eigenvalue weighted by Crippen LogP contribution is 2.43. The largest absolute Gasteiger partial charge is 0.478 e. The molecule has 1 aliphatic carbocycles. The highest BCUT2D eigenvalue weighted by molar-refractivity contribution is 6.10. The van der Waals surface area contributed by atoms with Gasteiger partial charge in [-0.15, -0.1) is 0 Å². The molecule has 1 N–H and O–H groups in total. The van der Waals surface area contributed by atoms with Gasteiger partial charge in [-0.3, -0.25) is 9.78 Å². The van der Waals surface area contributed by atoms with Crippen molar-refractivity contribution in [2.45, 2.75) is 33.6 Å². The van der Waals surface area contributed by atoms with Crippen LogP contribution in [-0.4, -0.2) is 28.6 Å². The predicted molar refractivity (Wildman–Crippen MR) is 93.9 cm³/mol. The minimum absolute atomic E-state index is 0.0654. The minimum atomic E-state index is -1.09. The number of hydrogen-bond donors (Lipinski definition) is 1. The fourth-order valence-electron chi connectivity index (χ4n) is 3.83. The summed E-state index contributed by atoms with van der Waals surface area (Å²) in [4.78, 5) is 29.4. The van der Waals surface area contributed by atoms with Crippen molar-refractivity contribution in [3.63, 3.8) is 0 Å². The molecule has 0 bridgehead atoms. The van der Waals surface area contributed by atoms with E-state index in [1.807, 2.05) is 13.8 Å². The number of ketones is 1. The molecule has 2 aliphatic rings. The van der Waals surface area contributed by atoms with Gasteiger partial charge in [0.25, 0.3) is 0 Å². The molecular formula is C20H19NO5. The van der Waals surface area contributed by atoms with Gasteiger partial charge in [-0.1, -0.05) is 19.9 Å². The van der Waals surface area contributed by atoms with E-state index in [2.05, 4.69) is 4.98 Å². The van der Waals surface area contributed by atoms with Crippen LogP contribution in [0.1, 0.15) is 52.4 Å². The lowest BCUT2D eigenvalue weighted by Gasteiger charge is -2.31. The van der Waals surface area contributed by atoms with Crippen LogP contribution in [0.4, 0.5) is 0 Å². The lowest BCUT2D eigenvalue weighted by molar-refractivity contribution is 0.0696. The van der Waals surface area contributed by atoms with Crippen LogP contribution in [0.3, 0.4) is 0 Å². The van der Waals surface area contributed by atoms with E-state index in [1.54, 1.807) is 25.1 Å². The van der Waals surface area contributed by atoms with Crippen molar-refractivity contribution in [3.05, 3.63) is 40.7 Å². The molecular weight excluding hydrogens is 334 g/mol. The molecule has 0 atom stereocenters. The van der Waals surface area contributed by atoms with Crippen LogP contribution in [0, 0.1) is 12.3 Å². The third-order valence-corrected chi connectivity index (χ3v) is 4.89. The number of nitrogens with zero attached hydrogens (tertiary/aromatic N) is 1. The fourth-order valence-corrected chi connectivity index (χ4v) is 3.83. The fraction of sp³-hybridized carbons (Fsp3) is 0.350. The molecule has 6 nitrogen and oxygen atoms in total. The number of aromatic carboxylic acids is 1. The lowest BCUT2D eigenvalue weighted by Crippen LogP contribution is -2.29. The molecule has 0 fully saturated rings. The highest BCUT2D eigenvalue weighted by Gasteiger charge is 2.36. The topological polar surface area (TPSA) is 85.7 Å². The molecule has 1 aromatic carbocycles. The standard InChI is InChI=1S/C20H19NO5/c1-10-16(19(23)24)17(11-4-5-14-15(6-11)26-9-25-14)18-12(21-10)7-20(2,3)8-13(18)22/h4-6H,7-9H2,1-3H3,(H,23,24). The average Bonchev–Trinajstić information content (AvgIpc) is 2.99. The Balaban J connectivity index is 2.02. The summed E-state index contributed by atoms with van der Waals surface area (Å²) in [5, 5.41) is 9.78. The smallest absolute Gasteiger partial charge is 0.338 e. The number of ether oxygens (including phenoxy) is 2. The first-order valence-electron chi connectivity index (χ1n) is 8.47. The minimum Gasteiger partial charge on any atom is -0.478 e. The van der Waals surface area contributed by atoms with E-state index < -0.39 is 5.97 Å². The second kappa shape index (κ2) is 5.56. The normalized spacial score (nSPS) is 17.1. The molecule has 1 aliphatic heterocycles. The lowest BCUT2D eigenvalue weighted by atomic mass is 9.73. The number of carbonyl (C=O) groups is 2. The SMILES string of the molecule is Cc1nc2c(c(-c3ccc4c(c3)OCO4)c1C(=O)O)C(=O)CC(C)(C)C2. The number of aryl methyl sites for hydroxylation is 1. The number of carbonyl (C=O) groups excluding carboxylic acids is 1. The van der Waals surface area contributed by atoms with Gasteiger partial charge in [-0.25, -0.2) is 4.79 Å². The number of carboxylic acids is 1. The molecule has 0 amide bonds. The molecule has 26 heavy (non-hydrogen) atoms. The Bertz CT molecular complexity index is 961. The molecule has 2 aromatic rings. The Kier molecular flexibility index (Phi) is 3.54. The Morgan fingerprint density at radius 3 is 2.62 bits per heavy atom. The quantitative estimate of drug-likeness (QED) is 0.887. The number of hydrogen-bond acceptors (Lipinski definition) is 5. The molecule has 0 saturated heterocycles. The Hall–Kier alpha value is -2.89. The average molecular weight is 353 g/mol.